The molecule has 0 aromatic rings. The monoisotopic (exact) mass is 230 g/mol. The maximum absolute atomic E-state index is 11.6. The van der Waals surface area contributed by atoms with Gasteiger partial charge in [0.05, 0.1) is 5.75 Å². The molecule has 0 saturated carbocycles. The topological polar surface area (TPSA) is 75.3 Å². The van der Waals surface area contributed by atoms with Crippen LogP contribution in [0.2, 0.25) is 0 Å². The molecule has 0 spiro atoms. The quantitative estimate of drug-likeness (QED) is 0.634. The molecule has 0 radical (unpaired) electrons. The van der Waals surface area contributed by atoms with Crippen LogP contribution in [0.5, 0.6) is 0 Å². The van der Waals surface area contributed by atoms with Gasteiger partial charge in [-0.3, -0.25) is 4.79 Å². The van der Waals surface area contributed by atoms with Crippen molar-refractivity contribution in [1.29, 1.82) is 0 Å². The summed E-state index contributed by atoms with van der Waals surface area (Å²) in [4.78, 5) is 10.3. The predicted octanol–water partition coefficient (Wildman–Crippen LogP) is -0.693. The van der Waals surface area contributed by atoms with E-state index in [1.165, 1.54) is 0 Å². The van der Waals surface area contributed by atoms with Crippen LogP contribution in [0.25, 0.3) is 0 Å². The summed E-state index contributed by atoms with van der Waals surface area (Å²) in [5, 5.41) is 1.79. The molecule has 0 rings (SSSR count). The fourth-order valence-electron chi connectivity index (χ4n) is 0.678. The second-order valence-corrected chi connectivity index (χ2v) is 4.33. The van der Waals surface area contributed by atoms with E-state index >= 15 is 0 Å². The highest BCUT2D eigenvalue weighted by molar-refractivity contribution is 7.89. The molecule has 0 heterocycles. The Labute approximate surface area is 80.9 Å². The van der Waals surface area contributed by atoms with Crippen molar-refractivity contribution in [2.45, 2.75) is 13.3 Å². The van der Waals surface area contributed by atoms with E-state index in [9.17, 15) is 22.0 Å². The Morgan fingerprint density at radius 2 is 2.00 bits per heavy atom. The Balaban J connectivity index is 3.80. The Morgan fingerprint density at radius 1 is 1.43 bits per heavy atom. The van der Waals surface area contributed by atoms with Gasteiger partial charge < -0.3 is 5.32 Å². The molecular formula is C6H12F2N2O3S. The van der Waals surface area contributed by atoms with Gasteiger partial charge in [0.15, 0.2) is 0 Å². The van der Waals surface area contributed by atoms with Crippen LogP contribution in [0, 0.1) is 0 Å². The summed E-state index contributed by atoms with van der Waals surface area (Å²) < 4.78 is 47.3. The summed E-state index contributed by atoms with van der Waals surface area (Å²) in [6, 6.07) is 0. The molecule has 0 aliphatic heterocycles. The molecule has 5 nitrogen and oxygen atoms in total. The largest absolute Gasteiger partial charge is 0.350 e. The highest BCUT2D eigenvalue weighted by Gasteiger charge is 2.15. The Bertz CT molecular complexity index is 279. The van der Waals surface area contributed by atoms with Crippen LogP contribution < -0.4 is 10.0 Å². The van der Waals surface area contributed by atoms with Crippen LogP contribution in [-0.2, 0) is 14.8 Å². The molecule has 0 aliphatic carbocycles. The second-order valence-electron chi connectivity index (χ2n) is 2.41. The number of alkyl halides is 2. The number of hydrogen-bond donors (Lipinski definition) is 2. The van der Waals surface area contributed by atoms with Crippen molar-refractivity contribution >= 4 is 15.9 Å². The number of halogens is 2. The molecule has 0 saturated heterocycles. The predicted molar refractivity (Wildman–Crippen MR) is 46.5 cm³/mol. The zero-order valence-electron chi connectivity index (χ0n) is 7.59. The lowest BCUT2D eigenvalue weighted by molar-refractivity contribution is -0.131. The van der Waals surface area contributed by atoms with Gasteiger partial charge in [-0.2, -0.15) is 8.78 Å². The first kappa shape index (κ1) is 13.2. The average molecular weight is 230 g/mol. The third-order valence-electron chi connectivity index (χ3n) is 1.23. The SMILES string of the molecule is CCNS(=O)(=O)CCNC(=O)C(F)F. The lowest BCUT2D eigenvalue weighted by Gasteiger charge is -2.05. The van der Waals surface area contributed by atoms with Crippen LogP contribution in [0.1, 0.15) is 6.92 Å². The third kappa shape index (κ3) is 5.81. The smallest absolute Gasteiger partial charge is 0.315 e. The van der Waals surface area contributed by atoms with Gasteiger partial charge in [0, 0.05) is 13.1 Å². The maximum atomic E-state index is 11.6. The summed E-state index contributed by atoms with van der Waals surface area (Å²) in [7, 11) is -3.46. The first-order valence-electron chi connectivity index (χ1n) is 3.92. The van der Waals surface area contributed by atoms with Gasteiger partial charge in [-0.1, -0.05) is 6.92 Å². The van der Waals surface area contributed by atoms with Crippen LogP contribution in [-0.4, -0.2) is 39.6 Å². The summed E-state index contributed by atoms with van der Waals surface area (Å²) in [6.07, 6.45) is -3.11. The summed E-state index contributed by atoms with van der Waals surface area (Å²) >= 11 is 0. The van der Waals surface area contributed by atoms with Gasteiger partial charge in [0.1, 0.15) is 0 Å². The van der Waals surface area contributed by atoms with Crippen molar-refractivity contribution in [3.8, 4) is 0 Å². The molecule has 0 unspecified atom stereocenters. The Hall–Kier alpha value is -0.760. The zero-order chi connectivity index (χ0) is 11.2. The lowest BCUT2D eigenvalue weighted by Crippen LogP contribution is -2.36. The third-order valence-corrected chi connectivity index (χ3v) is 2.70. The fourth-order valence-corrected chi connectivity index (χ4v) is 1.63. The summed E-state index contributed by atoms with van der Waals surface area (Å²) in [5.41, 5.74) is 0. The van der Waals surface area contributed by atoms with E-state index in [-0.39, 0.29) is 13.1 Å². The number of rotatable bonds is 6. The Morgan fingerprint density at radius 3 is 2.43 bits per heavy atom. The molecule has 84 valence electrons. The summed E-state index contributed by atoms with van der Waals surface area (Å²) in [5.74, 6) is -1.86. The molecule has 14 heavy (non-hydrogen) atoms. The molecule has 0 aromatic carbocycles. The molecule has 0 aromatic heterocycles. The number of nitrogens with one attached hydrogen (secondary N) is 2. The van der Waals surface area contributed by atoms with E-state index in [1.807, 2.05) is 0 Å². The number of sulfonamides is 1. The van der Waals surface area contributed by atoms with Crippen LogP contribution in [0.3, 0.4) is 0 Å². The normalized spacial score (nSPS) is 11.7. The van der Waals surface area contributed by atoms with Gasteiger partial charge >= 0.3 is 6.43 Å². The minimum atomic E-state index is -3.46. The molecule has 1 amide bonds. The lowest BCUT2D eigenvalue weighted by atomic mass is 10.6. The van der Waals surface area contributed by atoms with Crippen molar-refractivity contribution in [3.63, 3.8) is 0 Å². The van der Waals surface area contributed by atoms with E-state index in [0.717, 1.165) is 0 Å². The van der Waals surface area contributed by atoms with Crippen molar-refractivity contribution in [1.82, 2.24) is 10.0 Å². The minimum absolute atomic E-state index is 0.227. The highest BCUT2D eigenvalue weighted by atomic mass is 32.2. The fraction of sp³-hybridized carbons (Fsp3) is 0.833. The van der Waals surface area contributed by atoms with Crippen molar-refractivity contribution < 1.29 is 22.0 Å². The number of carbonyl (C=O) groups is 1. The van der Waals surface area contributed by atoms with E-state index in [4.69, 9.17) is 0 Å². The van der Waals surface area contributed by atoms with E-state index in [2.05, 4.69) is 4.72 Å². The highest BCUT2D eigenvalue weighted by Crippen LogP contribution is 1.90. The van der Waals surface area contributed by atoms with Crippen molar-refractivity contribution in [3.05, 3.63) is 0 Å². The zero-order valence-corrected chi connectivity index (χ0v) is 8.40. The van der Waals surface area contributed by atoms with Gasteiger partial charge in [-0.15, -0.1) is 0 Å². The van der Waals surface area contributed by atoms with Gasteiger partial charge in [0.25, 0.3) is 5.91 Å². The Kier molecular flexibility index (Phi) is 5.55. The minimum Gasteiger partial charge on any atom is -0.350 e. The van der Waals surface area contributed by atoms with Crippen molar-refractivity contribution in [2.24, 2.45) is 0 Å². The van der Waals surface area contributed by atoms with Gasteiger partial charge in [-0.05, 0) is 0 Å². The van der Waals surface area contributed by atoms with Crippen LogP contribution >= 0.6 is 0 Å². The first-order valence-corrected chi connectivity index (χ1v) is 5.57. The number of hydrogen-bond acceptors (Lipinski definition) is 3. The molecule has 2 N–H and O–H groups in total. The number of amides is 1. The van der Waals surface area contributed by atoms with Crippen LogP contribution in [0.15, 0.2) is 0 Å². The molecule has 0 bridgehead atoms. The molecule has 0 fully saturated rings. The van der Waals surface area contributed by atoms with Crippen LogP contribution in [0.4, 0.5) is 8.78 Å². The standard InChI is InChI=1S/C6H12F2N2O3S/c1-2-10-14(12,13)4-3-9-6(11)5(7)8/h5,10H,2-4H2,1H3,(H,9,11). The molecule has 0 aliphatic rings. The van der Waals surface area contributed by atoms with E-state index in [0.29, 0.717) is 0 Å². The molecular weight excluding hydrogens is 218 g/mol. The van der Waals surface area contributed by atoms with Gasteiger partial charge in [-0.25, -0.2) is 13.1 Å². The molecule has 8 heteroatoms. The number of carbonyl (C=O) groups excluding carboxylic acids is 1. The van der Waals surface area contributed by atoms with E-state index < -0.39 is 28.1 Å². The maximum Gasteiger partial charge on any atom is 0.315 e. The molecule has 0 atom stereocenters. The first-order chi connectivity index (χ1) is 6.39. The second kappa shape index (κ2) is 5.86. The average Bonchev–Trinajstić information content (AvgIpc) is 2.03. The van der Waals surface area contributed by atoms with Crippen molar-refractivity contribution in [2.75, 3.05) is 18.8 Å². The summed E-state index contributed by atoms with van der Waals surface area (Å²) in [6.45, 7) is 1.50. The van der Waals surface area contributed by atoms with Gasteiger partial charge in [0.2, 0.25) is 10.0 Å². The van der Waals surface area contributed by atoms with E-state index in [1.54, 1.807) is 12.2 Å².